The molecule has 0 aromatic carbocycles. The van der Waals surface area contributed by atoms with Gasteiger partial charge in [-0.05, 0) is 80.5 Å². The van der Waals surface area contributed by atoms with Gasteiger partial charge in [0, 0.05) is 23.9 Å². The zero-order valence-electron chi connectivity index (χ0n) is 13.2. The summed E-state index contributed by atoms with van der Waals surface area (Å²) >= 11 is 0. The van der Waals surface area contributed by atoms with Crippen LogP contribution < -0.4 is 0 Å². The Labute approximate surface area is 127 Å². The third kappa shape index (κ3) is 1.26. The Morgan fingerprint density at radius 2 is 1.95 bits per heavy atom. The van der Waals surface area contributed by atoms with E-state index in [0.29, 0.717) is 29.6 Å². The maximum Gasteiger partial charge on any atom is 0.139 e. The Morgan fingerprint density at radius 1 is 1.10 bits per heavy atom. The van der Waals surface area contributed by atoms with E-state index in [-0.39, 0.29) is 10.8 Å². The van der Waals surface area contributed by atoms with Gasteiger partial charge in [0.05, 0.1) is 0 Å². The highest BCUT2D eigenvalue weighted by atomic mass is 16.3. The summed E-state index contributed by atoms with van der Waals surface area (Å²) in [6.07, 6.45) is 11.0. The van der Waals surface area contributed by atoms with Crippen molar-refractivity contribution in [3.63, 3.8) is 0 Å². The van der Waals surface area contributed by atoms with E-state index >= 15 is 0 Å². The molecule has 1 N–H and O–H groups in total. The van der Waals surface area contributed by atoms with E-state index in [1.54, 1.807) is 0 Å². The quantitative estimate of drug-likeness (QED) is 0.801. The van der Waals surface area contributed by atoms with Gasteiger partial charge in [-0.25, -0.2) is 0 Å². The Morgan fingerprint density at radius 3 is 2.71 bits per heavy atom. The molecule has 0 heterocycles. The fraction of sp³-hybridized carbons (Fsp3) is 0.947. The van der Waals surface area contributed by atoms with Crippen molar-refractivity contribution in [3.05, 3.63) is 0 Å². The highest BCUT2D eigenvalue weighted by Crippen LogP contribution is 2.81. The molecule has 21 heavy (non-hydrogen) atoms. The topological polar surface area (TPSA) is 37.3 Å². The average Bonchev–Trinajstić information content (AvgIpc) is 2.98. The molecule has 5 aliphatic rings. The van der Waals surface area contributed by atoms with Crippen LogP contribution in [0.2, 0.25) is 0 Å². The van der Waals surface area contributed by atoms with Crippen molar-refractivity contribution in [3.8, 4) is 0 Å². The molecule has 0 bridgehead atoms. The summed E-state index contributed by atoms with van der Waals surface area (Å²) in [6.45, 7) is 2.68. The second-order valence-electron chi connectivity index (χ2n) is 9.24. The summed E-state index contributed by atoms with van der Waals surface area (Å²) in [7, 11) is 0. The number of rotatable bonds is 1. The van der Waals surface area contributed by atoms with E-state index < -0.39 is 0 Å². The highest BCUT2D eigenvalue weighted by molar-refractivity contribution is 5.87. The molecule has 5 saturated carbocycles. The fourth-order valence-electron chi connectivity index (χ4n) is 8.08. The van der Waals surface area contributed by atoms with Crippen LogP contribution in [-0.4, -0.2) is 17.5 Å². The van der Waals surface area contributed by atoms with Crippen LogP contribution in [0.5, 0.6) is 0 Å². The lowest BCUT2D eigenvalue weighted by atomic mass is 9.46. The maximum atomic E-state index is 12.4. The van der Waals surface area contributed by atoms with Gasteiger partial charge in [0.2, 0.25) is 0 Å². The molecule has 2 nitrogen and oxygen atoms in total. The minimum atomic E-state index is -0.0100. The van der Waals surface area contributed by atoms with Crippen molar-refractivity contribution in [2.24, 2.45) is 39.9 Å². The Balaban J connectivity index is 1.55. The van der Waals surface area contributed by atoms with Crippen molar-refractivity contribution in [2.75, 3.05) is 6.61 Å². The van der Waals surface area contributed by atoms with Gasteiger partial charge in [0.1, 0.15) is 5.78 Å². The van der Waals surface area contributed by atoms with Gasteiger partial charge in [0.25, 0.3) is 0 Å². The number of aliphatic hydroxyl groups is 1. The minimum Gasteiger partial charge on any atom is -0.396 e. The van der Waals surface area contributed by atoms with Crippen LogP contribution in [0.25, 0.3) is 0 Å². The van der Waals surface area contributed by atoms with Crippen molar-refractivity contribution < 1.29 is 9.90 Å². The molecule has 7 atom stereocenters. The summed E-state index contributed by atoms with van der Waals surface area (Å²) in [5.41, 5.74) is 0.761. The van der Waals surface area contributed by atoms with Crippen molar-refractivity contribution in [1.82, 2.24) is 0 Å². The van der Waals surface area contributed by atoms with Gasteiger partial charge in [-0.2, -0.15) is 0 Å². The van der Waals surface area contributed by atoms with Crippen molar-refractivity contribution >= 4 is 5.78 Å². The molecule has 5 rings (SSSR count). The third-order valence-corrected chi connectivity index (χ3v) is 9.22. The first-order valence-electron chi connectivity index (χ1n) is 9.22. The van der Waals surface area contributed by atoms with Gasteiger partial charge in [-0.15, -0.1) is 0 Å². The predicted octanol–water partition coefficient (Wildman–Crippen LogP) is 3.57. The molecule has 0 amide bonds. The van der Waals surface area contributed by atoms with Crippen molar-refractivity contribution in [2.45, 2.75) is 64.7 Å². The summed E-state index contributed by atoms with van der Waals surface area (Å²) < 4.78 is 0. The summed E-state index contributed by atoms with van der Waals surface area (Å²) in [5.74, 6) is 3.55. The highest BCUT2D eigenvalue weighted by Gasteiger charge is 2.75. The number of carbonyl (C=O) groups excluding carboxylic acids is 1. The monoisotopic (exact) mass is 288 g/mol. The van der Waals surface area contributed by atoms with E-state index in [1.807, 2.05) is 0 Å². The second kappa shape index (κ2) is 3.75. The van der Waals surface area contributed by atoms with E-state index in [4.69, 9.17) is 0 Å². The Kier molecular flexibility index (Phi) is 2.34. The average molecular weight is 288 g/mol. The van der Waals surface area contributed by atoms with E-state index in [9.17, 15) is 9.90 Å². The van der Waals surface area contributed by atoms with E-state index in [0.717, 1.165) is 31.1 Å². The number of fused-ring (bicyclic) bond motifs is 4. The lowest BCUT2D eigenvalue weighted by Gasteiger charge is -2.58. The maximum absolute atomic E-state index is 12.4. The molecule has 0 radical (unpaired) electrons. The Bertz CT molecular complexity index is 514. The second-order valence-corrected chi connectivity index (χ2v) is 9.24. The zero-order chi connectivity index (χ0) is 14.5. The minimum absolute atomic E-state index is 0.0100. The number of Topliss-reactive ketones (excluding diaryl/α,β-unsaturated/α-hetero) is 1. The Hall–Kier alpha value is -0.370. The first-order valence-corrected chi connectivity index (χ1v) is 9.22. The van der Waals surface area contributed by atoms with Gasteiger partial charge < -0.3 is 5.11 Å². The largest absolute Gasteiger partial charge is 0.396 e. The number of hydrogen-bond donors (Lipinski definition) is 1. The SMILES string of the molecule is CC12CCC3C(CCC45CC4CCC35CO)C1CCC2=O. The third-order valence-electron chi connectivity index (χ3n) is 9.22. The standard InChI is InChI=1S/C19H28O2/c1-17-7-6-15-13(14(17)2-3-16(17)21)5-9-18-10-12(18)4-8-19(15,18)11-20/h12-15,20H,2-11H2,1H3. The normalized spacial score (nSPS) is 61.0. The number of ketones is 1. The molecule has 1 spiro atoms. The van der Waals surface area contributed by atoms with Gasteiger partial charge in [-0.1, -0.05) is 6.92 Å². The summed E-state index contributed by atoms with van der Waals surface area (Å²) in [4.78, 5) is 12.4. The van der Waals surface area contributed by atoms with Crippen LogP contribution >= 0.6 is 0 Å². The van der Waals surface area contributed by atoms with Crippen LogP contribution in [0.3, 0.4) is 0 Å². The summed E-state index contributed by atoms with van der Waals surface area (Å²) in [5, 5.41) is 10.4. The predicted molar refractivity (Wildman–Crippen MR) is 80.6 cm³/mol. The number of carbonyl (C=O) groups is 1. The molecule has 0 aromatic rings. The zero-order valence-corrected chi connectivity index (χ0v) is 13.2. The van der Waals surface area contributed by atoms with E-state index in [2.05, 4.69) is 6.92 Å². The van der Waals surface area contributed by atoms with Crippen molar-refractivity contribution in [1.29, 1.82) is 0 Å². The molecule has 5 fully saturated rings. The smallest absolute Gasteiger partial charge is 0.139 e. The van der Waals surface area contributed by atoms with E-state index in [1.165, 1.54) is 38.5 Å². The molecule has 2 heteroatoms. The number of hydrogen-bond acceptors (Lipinski definition) is 2. The molecule has 0 saturated heterocycles. The summed E-state index contributed by atoms with van der Waals surface area (Å²) in [6, 6.07) is 0. The molecule has 0 aliphatic heterocycles. The van der Waals surface area contributed by atoms with Gasteiger partial charge in [0.15, 0.2) is 0 Å². The fourth-order valence-corrected chi connectivity index (χ4v) is 8.08. The van der Waals surface area contributed by atoms with Crippen LogP contribution in [0.4, 0.5) is 0 Å². The first kappa shape index (κ1) is 13.1. The first-order chi connectivity index (χ1) is 10.1. The van der Waals surface area contributed by atoms with Crippen LogP contribution in [0.15, 0.2) is 0 Å². The molecule has 0 aromatic heterocycles. The van der Waals surface area contributed by atoms with Gasteiger partial charge >= 0.3 is 0 Å². The number of aliphatic hydroxyl groups excluding tert-OH is 1. The van der Waals surface area contributed by atoms with Crippen LogP contribution in [0.1, 0.15) is 64.7 Å². The molecule has 5 aliphatic carbocycles. The molecular weight excluding hydrogens is 260 g/mol. The van der Waals surface area contributed by atoms with Gasteiger partial charge in [-0.3, -0.25) is 4.79 Å². The van der Waals surface area contributed by atoms with Crippen LogP contribution in [0, 0.1) is 39.9 Å². The molecule has 7 unspecified atom stereocenters. The molecule has 116 valence electrons. The molecular formula is C19H28O2. The lowest BCUT2D eigenvalue weighted by Crippen LogP contribution is -2.54. The van der Waals surface area contributed by atoms with Crippen LogP contribution in [-0.2, 0) is 4.79 Å². The lowest BCUT2D eigenvalue weighted by molar-refractivity contribution is -0.143.